The first-order chi connectivity index (χ1) is 7.54. The summed E-state index contributed by atoms with van der Waals surface area (Å²) < 4.78 is 10.5. The minimum absolute atomic E-state index is 0.204. The van der Waals surface area contributed by atoms with E-state index in [9.17, 15) is 4.79 Å². The van der Waals surface area contributed by atoms with E-state index in [4.69, 9.17) is 20.9 Å². The second kappa shape index (κ2) is 5.25. The van der Waals surface area contributed by atoms with Crippen LogP contribution in [-0.2, 0) is 4.79 Å². The molecule has 0 bridgehead atoms. The molecule has 1 atom stereocenters. The molecule has 0 aromatic heterocycles. The number of hydrogen-bond acceptors (Lipinski definition) is 4. The standard InChI is InChI=1S/C11H16N2O3/c1-7(11(13)14)6-16-10-5-8(12)3-4-9(10)15-2/h3-5,7H,6,12H2,1-2H3,(H2,13,14). The fourth-order valence-electron chi connectivity index (χ4n) is 1.10. The number of nitrogens with two attached hydrogens (primary N) is 2. The van der Waals surface area contributed by atoms with Gasteiger partial charge in [-0.05, 0) is 12.1 Å². The van der Waals surface area contributed by atoms with E-state index in [0.29, 0.717) is 17.2 Å². The zero-order chi connectivity index (χ0) is 12.1. The average molecular weight is 224 g/mol. The first-order valence-corrected chi connectivity index (χ1v) is 4.90. The van der Waals surface area contributed by atoms with E-state index in [1.807, 2.05) is 0 Å². The number of carbonyl (C=O) groups excluding carboxylic acids is 1. The van der Waals surface area contributed by atoms with Gasteiger partial charge < -0.3 is 20.9 Å². The van der Waals surface area contributed by atoms with Crippen molar-refractivity contribution in [1.29, 1.82) is 0 Å². The number of amides is 1. The van der Waals surface area contributed by atoms with Crippen molar-refractivity contribution >= 4 is 11.6 Å². The fourth-order valence-corrected chi connectivity index (χ4v) is 1.10. The quantitative estimate of drug-likeness (QED) is 0.723. The summed E-state index contributed by atoms with van der Waals surface area (Å²) in [5.74, 6) is 0.329. The van der Waals surface area contributed by atoms with Crippen LogP contribution >= 0.6 is 0 Å². The molecule has 4 N–H and O–H groups in total. The van der Waals surface area contributed by atoms with Crippen LogP contribution in [0.4, 0.5) is 5.69 Å². The van der Waals surface area contributed by atoms with Gasteiger partial charge in [-0.2, -0.15) is 0 Å². The van der Waals surface area contributed by atoms with Crippen molar-refractivity contribution < 1.29 is 14.3 Å². The molecule has 0 saturated carbocycles. The van der Waals surface area contributed by atoms with E-state index in [1.54, 1.807) is 25.1 Å². The summed E-state index contributed by atoms with van der Waals surface area (Å²) in [4.78, 5) is 10.8. The molecule has 0 spiro atoms. The molecule has 0 fully saturated rings. The Kier molecular flexibility index (Phi) is 3.99. The van der Waals surface area contributed by atoms with Crippen molar-refractivity contribution in [3.63, 3.8) is 0 Å². The third kappa shape index (κ3) is 3.05. The summed E-state index contributed by atoms with van der Waals surface area (Å²) in [6.07, 6.45) is 0. The van der Waals surface area contributed by atoms with Gasteiger partial charge in [0.25, 0.3) is 0 Å². The van der Waals surface area contributed by atoms with Crippen molar-refractivity contribution in [3.8, 4) is 11.5 Å². The van der Waals surface area contributed by atoms with Gasteiger partial charge in [0.15, 0.2) is 11.5 Å². The van der Waals surface area contributed by atoms with Crippen molar-refractivity contribution in [2.24, 2.45) is 11.7 Å². The number of ether oxygens (including phenoxy) is 2. The molecule has 1 rings (SSSR count). The lowest BCUT2D eigenvalue weighted by Gasteiger charge is -2.13. The lowest BCUT2D eigenvalue weighted by atomic mass is 10.2. The van der Waals surface area contributed by atoms with Crippen LogP contribution < -0.4 is 20.9 Å². The van der Waals surface area contributed by atoms with E-state index in [2.05, 4.69) is 0 Å². The van der Waals surface area contributed by atoms with Gasteiger partial charge in [-0.15, -0.1) is 0 Å². The van der Waals surface area contributed by atoms with Crippen LogP contribution in [0.5, 0.6) is 11.5 Å². The second-order valence-electron chi connectivity index (χ2n) is 3.52. The maximum Gasteiger partial charge on any atom is 0.223 e. The van der Waals surface area contributed by atoms with Gasteiger partial charge in [0, 0.05) is 11.8 Å². The number of hydrogen-bond donors (Lipinski definition) is 2. The monoisotopic (exact) mass is 224 g/mol. The Labute approximate surface area is 94.3 Å². The highest BCUT2D eigenvalue weighted by Crippen LogP contribution is 2.29. The molecule has 16 heavy (non-hydrogen) atoms. The van der Waals surface area contributed by atoms with Crippen LogP contribution in [0.15, 0.2) is 18.2 Å². The molecule has 5 heteroatoms. The van der Waals surface area contributed by atoms with Crippen LogP contribution in [-0.4, -0.2) is 19.6 Å². The van der Waals surface area contributed by atoms with Crippen molar-refractivity contribution in [3.05, 3.63) is 18.2 Å². The number of anilines is 1. The van der Waals surface area contributed by atoms with Crippen LogP contribution in [0.25, 0.3) is 0 Å². The molecule has 0 aliphatic rings. The molecule has 0 aliphatic carbocycles. The summed E-state index contributed by atoms with van der Waals surface area (Å²) in [5.41, 5.74) is 11.3. The molecule has 5 nitrogen and oxygen atoms in total. The van der Waals surface area contributed by atoms with E-state index in [0.717, 1.165) is 0 Å². The van der Waals surface area contributed by atoms with E-state index in [1.165, 1.54) is 7.11 Å². The maximum atomic E-state index is 10.8. The van der Waals surface area contributed by atoms with E-state index in [-0.39, 0.29) is 12.5 Å². The molecule has 0 aliphatic heterocycles. The smallest absolute Gasteiger partial charge is 0.223 e. The Balaban J connectivity index is 2.72. The molecule has 0 radical (unpaired) electrons. The van der Waals surface area contributed by atoms with Gasteiger partial charge in [0.1, 0.15) is 0 Å². The fraction of sp³-hybridized carbons (Fsp3) is 0.364. The summed E-state index contributed by atoms with van der Waals surface area (Å²) in [6.45, 7) is 1.90. The average Bonchev–Trinajstić information content (AvgIpc) is 2.25. The van der Waals surface area contributed by atoms with E-state index < -0.39 is 5.91 Å². The SMILES string of the molecule is COc1ccc(N)cc1OCC(C)C(N)=O. The normalized spacial score (nSPS) is 11.9. The van der Waals surface area contributed by atoms with Gasteiger partial charge in [-0.1, -0.05) is 6.92 Å². The van der Waals surface area contributed by atoms with E-state index >= 15 is 0 Å². The first kappa shape index (κ1) is 12.2. The number of methoxy groups -OCH3 is 1. The molecule has 0 saturated heterocycles. The second-order valence-corrected chi connectivity index (χ2v) is 3.52. The number of benzene rings is 1. The van der Waals surface area contributed by atoms with Gasteiger partial charge in [-0.3, -0.25) is 4.79 Å². The Morgan fingerprint density at radius 2 is 2.12 bits per heavy atom. The third-order valence-corrected chi connectivity index (χ3v) is 2.16. The highest BCUT2D eigenvalue weighted by atomic mass is 16.5. The molecule has 1 aromatic carbocycles. The van der Waals surface area contributed by atoms with Crippen molar-refractivity contribution in [2.45, 2.75) is 6.92 Å². The van der Waals surface area contributed by atoms with Crippen LogP contribution in [0.1, 0.15) is 6.92 Å². The number of rotatable bonds is 5. The van der Waals surface area contributed by atoms with Crippen LogP contribution in [0, 0.1) is 5.92 Å². The van der Waals surface area contributed by atoms with Gasteiger partial charge in [0.05, 0.1) is 19.6 Å². The van der Waals surface area contributed by atoms with Gasteiger partial charge in [-0.25, -0.2) is 0 Å². The summed E-state index contributed by atoms with van der Waals surface area (Å²) in [7, 11) is 1.54. The highest BCUT2D eigenvalue weighted by Gasteiger charge is 2.11. The van der Waals surface area contributed by atoms with Crippen molar-refractivity contribution in [1.82, 2.24) is 0 Å². The lowest BCUT2D eigenvalue weighted by Crippen LogP contribution is -2.25. The number of carbonyl (C=O) groups is 1. The maximum absolute atomic E-state index is 10.8. The summed E-state index contributed by atoms with van der Waals surface area (Å²) in [5, 5.41) is 0. The minimum atomic E-state index is -0.400. The van der Waals surface area contributed by atoms with Crippen LogP contribution in [0.2, 0.25) is 0 Å². The minimum Gasteiger partial charge on any atom is -0.493 e. The Morgan fingerprint density at radius 3 is 2.69 bits per heavy atom. The number of primary amides is 1. The lowest BCUT2D eigenvalue weighted by molar-refractivity contribution is -0.122. The Hall–Kier alpha value is -1.91. The Bertz CT molecular complexity index is 379. The predicted octanol–water partition coefficient (Wildman–Crippen LogP) is 0.778. The summed E-state index contributed by atoms with van der Waals surface area (Å²) >= 11 is 0. The molecular weight excluding hydrogens is 208 g/mol. The van der Waals surface area contributed by atoms with Crippen LogP contribution in [0.3, 0.4) is 0 Å². The van der Waals surface area contributed by atoms with Gasteiger partial charge in [0.2, 0.25) is 5.91 Å². The molecule has 1 aromatic rings. The number of nitrogen functional groups attached to an aromatic ring is 1. The molecule has 0 heterocycles. The predicted molar refractivity (Wildman–Crippen MR) is 61.3 cm³/mol. The van der Waals surface area contributed by atoms with Gasteiger partial charge >= 0.3 is 0 Å². The zero-order valence-electron chi connectivity index (χ0n) is 9.40. The third-order valence-electron chi connectivity index (χ3n) is 2.16. The highest BCUT2D eigenvalue weighted by molar-refractivity contribution is 5.76. The zero-order valence-corrected chi connectivity index (χ0v) is 9.40. The topological polar surface area (TPSA) is 87.6 Å². The molecular formula is C11H16N2O3. The summed E-state index contributed by atoms with van der Waals surface area (Å²) in [6, 6.07) is 5.06. The Morgan fingerprint density at radius 1 is 1.44 bits per heavy atom. The molecule has 1 unspecified atom stereocenters. The van der Waals surface area contributed by atoms with Crippen molar-refractivity contribution in [2.75, 3.05) is 19.5 Å². The molecule has 88 valence electrons. The largest absolute Gasteiger partial charge is 0.493 e. The molecule has 1 amide bonds. The first-order valence-electron chi connectivity index (χ1n) is 4.90.